The lowest BCUT2D eigenvalue weighted by Gasteiger charge is -2.18. The molecule has 0 atom stereocenters. The molecule has 1 saturated heterocycles. The number of rotatable bonds is 6. The van der Waals surface area contributed by atoms with E-state index in [1.807, 2.05) is 48.5 Å². The zero-order valence-corrected chi connectivity index (χ0v) is 17.4. The summed E-state index contributed by atoms with van der Waals surface area (Å²) in [6.45, 7) is 5.01. The molecule has 0 bridgehead atoms. The van der Waals surface area contributed by atoms with Gasteiger partial charge >= 0.3 is 0 Å². The van der Waals surface area contributed by atoms with E-state index in [4.69, 9.17) is 9.47 Å². The molecule has 2 N–H and O–H groups in total. The standard InChI is InChI=1S/C24H26N4O3/c29-24(25-9-12-28-10-1-2-11-28)18-5-3-17(4-6-18)20-16-21(27-26-20)19-7-8-22-23(15-19)31-14-13-30-22/h3-8,15-16H,1-2,9-14H2,(H,25,29)(H,26,27). The highest BCUT2D eigenvalue weighted by Crippen LogP contribution is 2.34. The molecule has 1 amide bonds. The topological polar surface area (TPSA) is 79.5 Å². The fourth-order valence-electron chi connectivity index (χ4n) is 4.06. The van der Waals surface area contributed by atoms with Crippen LogP contribution >= 0.6 is 0 Å². The summed E-state index contributed by atoms with van der Waals surface area (Å²) >= 11 is 0. The van der Waals surface area contributed by atoms with Gasteiger partial charge in [0.25, 0.3) is 5.91 Å². The summed E-state index contributed by atoms with van der Waals surface area (Å²) in [5.41, 5.74) is 4.32. The molecule has 0 saturated carbocycles. The minimum Gasteiger partial charge on any atom is -0.486 e. The van der Waals surface area contributed by atoms with Crippen molar-refractivity contribution in [2.45, 2.75) is 12.8 Å². The van der Waals surface area contributed by atoms with Crippen LogP contribution < -0.4 is 14.8 Å². The van der Waals surface area contributed by atoms with Crippen molar-refractivity contribution in [2.75, 3.05) is 39.4 Å². The highest BCUT2D eigenvalue weighted by molar-refractivity contribution is 5.94. The van der Waals surface area contributed by atoms with Crippen LogP contribution in [0.15, 0.2) is 48.5 Å². The molecule has 31 heavy (non-hydrogen) atoms. The van der Waals surface area contributed by atoms with Gasteiger partial charge in [0.05, 0.1) is 11.4 Å². The van der Waals surface area contributed by atoms with Gasteiger partial charge in [-0.1, -0.05) is 12.1 Å². The van der Waals surface area contributed by atoms with Crippen LogP contribution in [0.4, 0.5) is 0 Å². The molecule has 1 fully saturated rings. The maximum atomic E-state index is 12.4. The van der Waals surface area contributed by atoms with E-state index in [0.29, 0.717) is 25.3 Å². The van der Waals surface area contributed by atoms with Crippen LogP contribution in [0, 0.1) is 0 Å². The van der Waals surface area contributed by atoms with Crippen molar-refractivity contribution in [1.82, 2.24) is 20.4 Å². The number of carbonyl (C=O) groups excluding carboxylic acids is 1. The minimum absolute atomic E-state index is 0.0349. The van der Waals surface area contributed by atoms with Crippen LogP contribution in [0.25, 0.3) is 22.5 Å². The molecule has 7 heteroatoms. The predicted octanol–water partition coefficient (Wildman–Crippen LogP) is 3.34. The van der Waals surface area contributed by atoms with Crippen molar-refractivity contribution in [3.63, 3.8) is 0 Å². The lowest BCUT2D eigenvalue weighted by molar-refractivity contribution is 0.0950. The van der Waals surface area contributed by atoms with Crippen molar-refractivity contribution >= 4 is 5.91 Å². The van der Waals surface area contributed by atoms with E-state index in [9.17, 15) is 4.79 Å². The monoisotopic (exact) mass is 418 g/mol. The summed E-state index contributed by atoms with van der Waals surface area (Å²) in [6, 6.07) is 15.4. The number of H-pyrrole nitrogens is 1. The van der Waals surface area contributed by atoms with Crippen LogP contribution in [-0.2, 0) is 0 Å². The number of aromatic amines is 1. The molecule has 2 aliphatic heterocycles. The number of nitrogens with zero attached hydrogens (tertiary/aromatic N) is 2. The van der Waals surface area contributed by atoms with E-state index in [1.54, 1.807) is 0 Å². The summed E-state index contributed by atoms with van der Waals surface area (Å²) < 4.78 is 11.2. The second-order valence-electron chi connectivity index (χ2n) is 7.91. The first-order chi connectivity index (χ1) is 15.3. The first-order valence-corrected chi connectivity index (χ1v) is 10.8. The van der Waals surface area contributed by atoms with Gasteiger partial charge in [0.15, 0.2) is 11.5 Å². The van der Waals surface area contributed by atoms with Gasteiger partial charge < -0.3 is 19.7 Å². The Hall–Kier alpha value is -3.32. The normalized spacial score (nSPS) is 15.7. The molecule has 7 nitrogen and oxygen atoms in total. The molecular formula is C24H26N4O3. The van der Waals surface area contributed by atoms with Crippen LogP contribution in [-0.4, -0.2) is 60.4 Å². The average Bonchev–Trinajstić information content (AvgIpc) is 3.51. The molecule has 0 spiro atoms. The first kappa shape index (κ1) is 19.6. The molecule has 3 heterocycles. The number of aromatic nitrogens is 2. The third-order valence-corrected chi connectivity index (χ3v) is 5.79. The Morgan fingerprint density at radius 2 is 1.71 bits per heavy atom. The van der Waals surface area contributed by atoms with Crippen LogP contribution in [0.1, 0.15) is 23.2 Å². The predicted molar refractivity (Wildman–Crippen MR) is 118 cm³/mol. The third-order valence-electron chi connectivity index (χ3n) is 5.79. The van der Waals surface area contributed by atoms with Gasteiger partial charge in [0.2, 0.25) is 0 Å². The maximum absolute atomic E-state index is 12.4. The van der Waals surface area contributed by atoms with Crippen molar-refractivity contribution < 1.29 is 14.3 Å². The quantitative estimate of drug-likeness (QED) is 0.642. The van der Waals surface area contributed by atoms with E-state index >= 15 is 0 Å². The Morgan fingerprint density at radius 3 is 2.52 bits per heavy atom. The SMILES string of the molecule is O=C(NCCN1CCCC1)c1ccc(-c2cc(-c3ccc4c(c3)OCCO4)n[nH]2)cc1. The van der Waals surface area contributed by atoms with Crippen molar-refractivity contribution in [3.8, 4) is 34.0 Å². The van der Waals surface area contributed by atoms with Gasteiger partial charge in [-0.3, -0.25) is 9.89 Å². The summed E-state index contributed by atoms with van der Waals surface area (Å²) in [5, 5.41) is 10.5. The molecular weight excluding hydrogens is 392 g/mol. The zero-order chi connectivity index (χ0) is 21.0. The number of nitrogens with one attached hydrogen (secondary N) is 2. The lowest BCUT2D eigenvalue weighted by atomic mass is 10.1. The Kier molecular flexibility index (Phi) is 5.58. The van der Waals surface area contributed by atoms with Gasteiger partial charge in [-0.2, -0.15) is 5.10 Å². The van der Waals surface area contributed by atoms with E-state index in [2.05, 4.69) is 20.4 Å². The maximum Gasteiger partial charge on any atom is 0.251 e. The van der Waals surface area contributed by atoms with E-state index < -0.39 is 0 Å². The fourth-order valence-corrected chi connectivity index (χ4v) is 4.06. The Labute approximate surface area is 181 Å². The van der Waals surface area contributed by atoms with Gasteiger partial charge in [-0.05, 0) is 67.9 Å². The van der Waals surface area contributed by atoms with Crippen molar-refractivity contribution in [2.24, 2.45) is 0 Å². The number of hydrogen-bond acceptors (Lipinski definition) is 5. The molecule has 2 aliphatic rings. The minimum atomic E-state index is -0.0349. The summed E-state index contributed by atoms with van der Waals surface area (Å²) in [4.78, 5) is 14.8. The van der Waals surface area contributed by atoms with Crippen LogP contribution in [0.5, 0.6) is 11.5 Å². The number of benzene rings is 2. The van der Waals surface area contributed by atoms with Gasteiger partial charge in [-0.25, -0.2) is 0 Å². The molecule has 0 aliphatic carbocycles. The number of carbonyl (C=O) groups is 1. The Balaban J connectivity index is 1.23. The zero-order valence-electron chi connectivity index (χ0n) is 17.4. The number of fused-ring (bicyclic) bond motifs is 1. The highest BCUT2D eigenvalue weighted by atomic mass is 16.6. The van der Waals surface area contributed by atoms with Gasteiger partial charge in [-0.15, -0.1) is 0 Å². The largest absolute Gasteiger partial charge is 0.486 e. The van der Waals surface area contributed by atoms with Crippen molar-refractivity contribution in [3.05, 3.63) is 54.1 Å². The molecule has 160 valence electrons. The summed E-state index contributed by atoms with van der Waals surface area (Å²) in [5.74, 6) is 1.47. The van der Waals surface area contributed by atoms with Crippen LogP contribution in [0.3, 0.4) is 0 Å². The second-order valence-corrected chi connectivity index (χ2v) is 7.91. The molecule has 1 aromatic heterocycles. The van der Waals surface area contributed by atoms with Crippen molar-refractivity contribution in [1.29, 1.82) is 0 Å². The number of likely N-dealkylation sites (tertiary alicyclic amines) is 1. The molecule has 5 rings (SSSR count). The number of hydrogen-bond donors (Lipinski definition) is 2. The summed E-state index contributed by atoms with van der Waals surface area (Å²) in [6.07, 6.45) is 2.53. The molecule has 0 radical (unpaired) electrons. The van der Waals surface area contributed by atoms with Gasteiger partial charge in [0.1, 0.15) is 13.2 Å². The molecule has 0 unspecified atom stereocenters. The Bertz CT molecular complexity index is 1050. The third kappa shape index (κ3) is 4.41. The van der Waals surface area contributed by atoms with E-state index in [1.165, 1.54) is 12.8 Å². The molecule has 2 aromatic carbocycles. The average molecular weight is 418 g/mol. The first-order valence-electron chi connectivity index (χ1n) is 10.8. The lowest BCUT2D eigenvalue weighted by Crippen LogP contribution is -2.33. The smallest absolute Gasteiger partial charge is 0.251 e. The van der Waals surface area contributed by atoms with Gasteiger partial charge in [0, 0.05) is 24.2 Å². The second kappa shape index (κ2) is 8.81. The Morgan fingerprint density at radius 1 is 0.968 bits per heavy atom. The number of amides is 1. The van der Waals surface area contributed by atoms with E-state index in [0.717, 1.165) is 53.6 Å². The van der Waals surface area contributed by atoms with Crippen LogP contribution in [0.2, 0.25) is 0 Å². The fraction of sp³-hybridized carbons (Fsp3) is 0.333. The number of ether oxygens (including phenoxy) is 2. The van der Waals surface area contributed by atoms with E-state index in [-0.39, 0.29) is 5.91 Å². The molecule has 3 aromatic rings. The summed E-state index contributed by atoms with van der Waals surface area (Å²) in [7, 11) is 0. The highest BCUT2D eigenvalue weighted by Gasteiger charge is 2.15.